The van der Waals surface area contributed by atoms with E-state index in [4.69, 9.17) is 5.11 Å². The molecule has 0 radical (unpaired) electrons. The third-order valence-electron chi connectivity index (χ3n) is 2.42. The van der Waals surface area contributed by atoms with Crippen molar-refractivity contribution >= 4 is 5.97 Å². The summed E-state index contributed by atoms with van der Waals surface area (Å²) in [6.07, 6.45) is 1.29. The van der Waals surface area contributed by atoms with Gasteiger partial charge in [0, 0.05) is 0 Å². The van der Waals surface area contributed by atoms with Gasteiger partial charge in [-0.1, -0.05) is 13.8 Å². The lowest BCUT2D eigenvalue weighted by atomic mass is 9.92. The molecule has 1 N–H and O–H groups in total. The third kappa shape index (κ3) is 1.71. The van der Waals surface area contributed by atoms with Crippen molar-refractivity contribution in [3.8, 4) is 0 Å². The lowest BCUT2D eigenvalue weighted by Gasteiger charge is -2.33. The normalized spacial score (nSPS) is 12.1. The molecule has 0 amide bonds. The van der Waals surface area contributed by atoms with E-state index in [0.717, 1.165) is 0 Å². The molecule has 66 valence electrons. The first-order valence-corrected chi connectivity index (χ1v) is 3.92. The van der Waals surface area contributed by atoms with Gasteiger partial charge in [0.1, 0.15) is 5.54 Å². The molecule has 3 nitrogen and oxygen atoms in total. The topological polar surface area (TPSA) is 40.5 Å². The van der Waals surface area contributed by atoms with Gasteiger partial charge in [-0.15, -0.1) is 0 Å². The van der Waals surface area contributed by atoms with Gasteiger partial charge in [0.05, 0.1) is 0 Å². The maximum Gasteiger partial charge on any atom is 0.324 e. The number of nitrogens with zero attached hydrogens (tertiary/aromatic N) is 1. The zero-order valence-electron chi connectivity index (χ0n) is 7.72. The summed E-state index contributed by atoms with van der Waals surface area (Å²) in [4.78, 5) is 12.7. The van der Waals surface area contributed by atoms with Crippen LogP contribution in [0.1, 0.15) is 26.7 Å². The van der Waals surface area contributed by atoms with E-state index in [1.807, 2.05) is 13.8 Å². The van der Waals surface area contributed by atoms with Crippen LogP contribution < -0.4 is 0 Å². The molecule has 0 bridgehead atoms. The largest absolute Gasteiger partial charge is 0.480 e. The first kappa shape index (κ1) is 10.4. The summed E-state index contributed by atoms with van der Waals surface area (Å²) in [7, 11) is 3.61. The van der Waals surface area contributed by atoms with E-state index in [1.165, 1.54) is 0 Å². The average molecular weight is 159 g/mol. The number of hydrogen-bond acceptors (Lipinski definition) is 2. The van der Waals surface area contributed by atoms with Gasteiger partial charge in [-0.3, -0.25) is 9.69 Å². The average Bonchev–Trinajstić information content (AvgIpc) is 1.90. The fourth-order valence-electron chi connectivity index (χ4n) is 1.38. The molecule has 0 aliphatic carbocycles. The van der Waals surface area contributed by atoms with Crippen molar-refractivity contribution in [2.24, 2.45) is 0 Å². The van der Waals surface area contributed by atoms with Crippen molar-refractivity contribution in [2.45, 2.75) is 32.2 Å². The minimum Gasteiger partial charge on any atom is -0.480 e. The molecule has 0 unspecified atom stereocenters. The maximum absolute atomic E-state index is 10.9. The Bertz CT molecular complexity index is 139. The molecular weight excluding hydrogens is 142 g/mol. The highest BCUT2D eigenvalue weighted by molar-refractivity contribution is 5.78. The predicted molar refractivity (Wildman–Crippen MR) is 44.6 cm³/mol. The smallest absolute Gasteiger partial charge is 0.324 e. The lowest BCUT2D eigenvalue weighted by Crippen LogP contribution is -2.50. The first-order valence-electron chi connectivity index (χ1n) is 3.92. The number of likely N-dealkylation sites (N-methyl/N-ethyl adjacent to an activating group) is 1. The molecule has 0 saturated heterocycles. The van der Waals surface area contributed by atoms with E-state index in [0.29, 0.717) is 12.8 Å². The minimum atomic E-state index is -0.729. The molecule has 0 saturated carbocycles. The number of carbonyl (C=O) groups is 1. The highest BCUT2D eigenvalue weighted by Gasteiger charge is 2.36. The van der Waals surface area contributed by atoms with Gasteiger partial charge in [0.2, 0.25) is 0 Å². The van der Waals surface area contributed by atoms with Gasteiger partial charge in [0.25, 0.3) is 0 Å². The van der Waals surface area contributed by atoms with Gasteiger partial charge >= 0.3 is 5.97 Å². The van der Waals surface area contributed by atoms with Crippen LogP contribution in [-0.2, 0) is 4.79 Å². The Balaban J connectivity index is 4.61. The lowest BCUT2D eigenvalue weighted by molar-refractivity contribution is -0.150. The van der Waals surface area contributed by atoms with Crippen LogP contribution in [0.4, 0.5) is 0 Å². The Hall–Kier alpha value is -0.570. The van der Waals surface area contributed by atoms with Crippen molar-refractivity contribution in [1.82, 2.24) is 4.90 Å². The number of carboxylic acid groups (broad SMARTS) is 1. The molecule has 0 aromatic carbocycles. The van der Waals surface area contributed by atoms with E-state index in [9.17, 15) is 4.79 Å². The summed E-state index contributed by atoms with van der Waals surface area (Å²) < 4.78 is 0. The highest BCUT2D eigenvalue weighted by Crippen LogP contribution is 2.20. The fraction of sp³-hybridized carbons (Fsp3) is 0.875. The second-order valence-electron chi connectivity index (χ2n) is 2.94. The molecular formula is C8H17NO2. The SMILES string of the molecule is CCC(CC)(C(=O)O)N(C)C. The molecule has 0 aromatic heterocycles. The Morgan fingerprint density at radius 1 is 1.36 bits per heavy atom. The first-order chi connectivity index (χ1) is 5.01. The van der Waals surface area contributed by atoms with Crippen LogP contribution in [-0.4, -0.2) is 35.6 Å². The molecule has 0 heterocycles. The minimum absolute atomic E-state index is 0.645. The molecule has 0 fully saturated rings. The summed E-state index contributed by atoms with van der Waals surface area (Å²) in [6.45, 7) is 3.80. The van der Waals surface area contributed by atoms with Gasteiger partial charge in [0.15, 0.2) is 0 Å². The molecule has 0 atom stereocenters. The summed E-state index contributed by atoms with van der Waals surface area (Å²) in [5.74, 6) is -0.729. The molecule has 3 heteroatoms. The molecule has 0 rings (SSSR count). The van der Waals surface area contributed by atoms with Crippen LogP contribution >= 0.6 is 0 Å². The quantitative estimate of drug-likeness (QED) is 0.670. The van der Waals surface area contributed by atoms with Crippen LogP contribution in [0.25, 0.3) is 0 Å². The standard InChI is InChI=1S/C8H17NO2/c1-5-8(6-2,7(10)11)9(3)4/h5-6H2,1-4H3,(H,10,11). The van der Waals surface area contributed by atoms with Crippen LogP contribution in [0, 0.1) is 0 Å². The summed E-state index contributed by atoms with van der Waals surface area (Å²) in [5, 5.41) is 8.95. The van der Waals surface area contributed by atoms with E-state index < -0.39 is 11.5 Å². The number of carboxylic acids is 1. The Morgan fingerprint density at radius 2 is 1.73 bits per heavy atom. The van der Waals surface area contributed by atoms with E-state index >= 15 is 0 Å². The van der Waals surface area contributed by atoms with Crippen LogP contribution in [0.5, 0.6) is 0 Å². The van der Waals surface area contributed by atoms with Crippen LogP contribution in [0.15, 0.2) is 0 Å². The second-order valence-corrected chi connectivity index (χ2v) is 2.94. The molecule has 0 aliphatic heterocycles. The van der Waals surface area contributed by atoms with Crippen molar-refractivity contribution in [3.63, 3.8) is 0 Å². The number of rotatable bonds is 4. The highest BCUT2D eigenvalue weighted by atomic mass is 16.4. The van der Waals surface area contributed by atoms with E-state index in [-0.39, 0.29) is 0 Å². The monoisotopic (exact) mass is 159 g/mol. The van der Waals surface area contributed by atoms with Gasteiger partial charge in [-0.05, 0) is 26.9 Å². The molecule has 11 heavy (non-hydrogen) atoms. The van der Waals surface area contributed by atoms with E-state index in [1.54, 1.807) is 19.0 Å². The molecule has 0 aliphatic rings. The zero-order valence-corrected chi connectivity index (χ0v) is 7.72. The number of aliphatic carboxylic acids is 1. The van der Waals surface area contributed by atoms with Crippen molar-refractivity contribution in [3.05, 3.63) is 0 Å². The summed E-state index contributed by atoms with van der Waals surface area (Å²) in [6, 6.07) is 0. The maximum atomic E-state index is 10.9. The van der Waals surface area contributed by atoms with Gasteiger partial charge in [-0.25, -0.2) is 0 Å². The number of hydrogen-bond donors (Lipinski definition) is 1. The van der Waals surface area contributed by atoms with Crippen molar-refractivity contribution in [2.75, 3.05) is 14.1 Å². The summed E-state index contributed by atoms with van der Waals surface area (Å²) >= 11 is 0. The zero-order chi connectivity index (χ0) is 9.07. The van der Waals surface area contributed by atoms with Crippen LogP contribution in [0.2, 0.25) is 0 Å². The fourth-order valence-corrected chi connectivity index (χ4v) is 1.38. The second kappa shape index (κ2) is 3.72. The third-order valence-corrected chi connectivity index (χ3v) is 2.42. The predicted octanol–water partition coefficient (Wildman–Crippen LogP) is 1.19. The summed E-state index contributed by atoms with van der Waals surface area (Å²) in [5.41, 5.74) is -0.667. The van der Waals surface area contributed by atoms with Gasteiger partial charge in [-0.2, -0.15) is 0 Å². The Morgan fingerprint density at radius 3 is 1.73 bits per heavy atom. The van der Waals surface area contributed by atoms with Crippen LogP contribution in [0.3, 0.4) is 0 Å². The van der Waals surface area contributed by atoms with E-state index in [2.05, 4.69) is 0 Å². The Labute approximate surface area is 68.0 Å². The van der Waals surface area contributed by atoms with Crippen molar-refractivity contribution < 1.29 is 9.90 Å². The Kier molecular flexibility index (Phi) is 3.52. The molecule has 0 spiro atoms. The van der Waals surface area contributed by atoms with Crippen molar-refractivity contribution in [1.29, 1.82) is 0 Å². The molecule has 0 aromatic rings. The van der Waals surface area contributed by atoms with Gasteiger partial charge < -0.3 is 5.11 Å².